The van der Waals surface area contributed by atoms with E-state index < -0.39 is 10.8 Å². The average Bonchev–Trinajstić information content (AvgIpc) is 2.93. The summed E-state index contributed by atoms with van der Waals surface area (Å²) in [5, 5.41) is 6.59. The Kier molecular flexibility index (Phi) is 11.7. The van der Waals surface area contributed by atoms with Gasteiger partial charge in [0.05, 0.1) is 0 Å². The lowest BCUT2D eigenvalue weighted by Gasteiger charge is -2.18. The quantitative estimate of drug-likeness (QED) is 0.275. The number of nitrogens with one attached hydrogen (secondary N) is 2. The number of rotatable bonds is 7. The molecule has 0 aromatic heterocycles. The minimum atomic E-state index is -0.810. The van der Waals surface area contributed by atoms with Crippen molar-refractivity contribution in [2.75, 3.05) is 25.9 Å². The van der Waals surface area contributed by atoms with Crippen LogP contribution in [0.4, 0.5) is 0 Å². The molecule has 1 rings (SSSR count). The van der Waals surface area contributed by atoms with E-state index in [1.165, 1.54) is 38.5 Å². The summed E-state index contributed by atoms with van der Waals surface area (Å²) in [5.74, 6) is 2.44. The average molecular weight is 443 g/mol. The van der Waals surface area contributed by atoms with Crippen LogP contribution in [0.25, 0.3) is 0 Å². The third-order valence-electron chi connectivity index (χ3n) is 4.04. The molecule has 0 aromatic carbocycles. The summed E-state index contributed by atoms with van der Waals surface area (Å²) in [4.78, 5) is 4.21. The maximum Gasteiger partial charge on any atom is 0.191 e. The van der Waals surface area contributed by atoms with E-state index in [2.05, 4.69) is 15.6 Å². The Labute approximate surface area is 156 Å². The van der Waals surface area contributed by atoms with Crippen molar-refractivity contribution in [1.82, 2.24) is 10.6 Å². The van der Waals surface area contributed by atoms with Gasteiger partial charge >= 0.3 is 0 Å². The standard InChI is InChI=1S/C16H33N3OS.HI/c1-16(2,3)21(20)13-12-19-15(17-4)18-11-7-10-14-8-5-6-9-14;/h14H,5-13H2,1-4H3,(H2,17,18,19);1H. The zero-order chi connectivity index (χ0) is 15.7. The molecule has 0 spiro atoms. The van der Waals surface area contributed by atoms with Crippen molar-refractivity contribution in [2.24, 2.45) is 10.9 Å². The molecule has 132 valence electrons. The van der Waals surface area contributed by atoms with Crippen LogP contribution in [0.15, 0.2) is 4.99 Å². The van der Waals surface area contributed by atoms with Gasteiger partial charge in [0.15, 0.2) is 5.96 Å². The van der Waals surface area contributed by atoms with Crippen LogP contribution in [-0.2, 0) is 10.8 Å². The van der Waals surface area contributed by atoms with Gasteiger partial charge < -0.3 is 10.6 Å². The molecule has 0 radical (unpaired) electrons. The van der Waals surface area contributed by atoms with Gasteiger partial charge in [0.2, 0.25) is 0 Å². The van der Waals surface area contributed by atoms with E-state index in [1.807, 2.05) is 20.8 Å². The van der Waals surface area contributed by atoms with Gasteiger partial charge in [-0.2, -0.15) is 0 Å². The minimum absolute atomic E-state index is 0. The molecule has 22 heavy (non-hydrogen) atoms. The highest BCUT2D eigenvalue weighted by Crippen LogP contribution is 2.28. The third kappa shape index (κ3) is 9.33. The van der Waals surface area contributed by atoms with Crippen LogP contribution in [0.2, 0.25) is 0 Å². The lowest BCUT2D eigenvalue weighted by atomic mass is 10.0. The summed E-state index contributed by atoms with van der Waals surface area (Å²) >= 11 is 0. The summed E-state index contributed by atoms with van der Waals surface area (Å²) in [6.45, 7) is 7.71. The number of hydrogen-bond acceptors (Lipinski definition) is 2. The van der Waals surface area contributed by atoms with Gasteiger partial charge in [-0.1, -0.05) is 25.7 Å². The summed E-state index contributed by atoms with van der Waals surface area (Å²) in [7, 11) is 0.975. The highest BCUT2D eigenvalue weighted by Gasteiger charge is 2.18. The Morgan fingerprint density at radius 1 is 1.18 bits per heavy atom. The Balaban J connectivity index is 0.00000441. The third-order valence-corrected chi connectivity index (χ3v) is 5.98. The fourth-order valence-electron chi connectivity index (χ4n) is 2.69. The fourth-order valence-corrected chi connectivity index (χ4v) is 3.59. The molecule has 1 aliphatic rings. The van der Waals surface area contributed by atoms with Crippen molar-refractivity contribution in [1.29, 1.82) is 0 Å². The van der Waals surface area contributed by atoms with E-state index in [0.717, 1.165) is 18.4 Å². The van der Waals surface area contributed by atoms with E-state index >= 15 is 0 Å². The van der Waals surface area contributed by atoms with E-state index in [1.54, 1.807) is 7.05 Å². The molecule has 0 aromatic rings. The highest BCUT2D eigenvalue weighted by molar-refractivity contribution is 14.0. The molecule has 1 aliphatic carbocycles. The fraction of sp³-hybridized carbons (Fsp3) is 0.938. The van der Waals surface area contributed by atoms with E-state index in [9.17, 15) is 4.21 Å². The largest absolute Gasteiger partial charge is 0.356 e. The summed E-state index contributed by atoms with van der Waals surface area (Å²) in [5.41, 5.74) is 0. The SMILES string of the molecule is CN=C(NCCCC1CCCC1)NCCS(=O)C(C)(C)C.I. The Hall–Kier alpha value is 0.150. The molecule has 0 aliphatic heterocycles. The second-order valence-corrected chi connectivity index (χ2v) is 9.20. The molecule has 0 heterocycles. The van der Waals surface area contributed by atoms with Crippen molar-refractivity contribution < 1.29 is 4.21 Å². The summed E-state index contributed by atoms with van der Waals surface area (Å²) in [6.07, 6.45) is 8.23. The molecule has 6 heteroatoms. The molecular weight excluding hydrogens is 409 g/mol. The topological polar surface area (TPSA) is 53.5 Å². The van der Waals surface area contributed by atoms with Gasteiger partial charge in [0, 0.05) is 41.4 Å². The predicted molar refractivity (Wildman–Crippen MR) is 109 cm³/mol. The predicted octanol–water partition coefficient (Wildman–Crippen LogP) is 3.29. The first kappa shape index (κ1) is 22.1. The number of aliphatic imine (C=N–C) groups is 1. The molecule has 2 N–H and O–H groups in total. The van der Waals surface area contributed by atoms with Gasteiger partial charge in [-0.15, -0.1) is 24.0 Å². The molecule has 1 saturated carbocycles. The van der Waals surface area contributed by atoms with Gasteiger partial charge in [-0.25, -0.2) is 0 Å². The molecule has 4 nitrogen and oxygen atoms in total. The molecule has 1 fully saturated rings. The number of nitrogens with zero attached hydrogens (tertiary/aromatic N) is 1. The Morgan fingerprint density at radius 3 is 2.32 bits per heavy atom. The van der Waals surface area contributed by atoms with E-state index in [0.29, 0.717) is 12.3 Å². The van der Waals surface area contributed by atoms with Crippen LogP contribution in [-0.4, -0.2) is 40.8 Å². The second kappa shape index (κ2) is 11.6. The first-order valence-corrected chi connectivity index (χ1v) is 9.58. The molecule has 0 bridgehead atoms. The molecule has 0 saturated heterocycles. The van der Waals surface area contributed by atoms with Crippen molar-refractivity contribution >= 4 is 40.7 Å². The van der Waals surface area contributed by atoms with Crippen LogP contribution in [0.5, 0.6) is 0 Å². The smallest absolute Gasteiger partial charge is 0.191 e. The van der Waals surface area contributed by atoms with E-state index in [-0.39, 0.29) is 28.7 Å². The first-order chi connectivity index (χ1) is 9.93. The van der Waals surface area contributed by atoms with Crippen LogP contribution in [0.1, 0.15) is 59.3 Å². The Bertz CT molecular complexity index is 350. The molecular formula is C16H34IN3OS. The molecule has 0 amide bonds. The van der Waals surface area contributed by atoms with Crippen LogP contribution in [0, 0.1) is 5.92 Å². The van der Waals surface area contributed by atoms with Crippen molar-refractivity contribution in [2.45, 2.75) is 64.0 Å². The highest BCUT2D eigenvalue weighted by atomic mass is 127. The lowest BCUT2D eigenvalue weighted by molar-refractivity contribution is 0.481. The maximum atomic E-state index is 12.0. The van der Waals surface area contributed by atoms with Gasteiger partial charge in [0.25, 0.3) is 0 Å². The monoisotopic (exact) mass is 443 g/mol. The van der Waals surface area contributed by atoms with Gasteiger partial charge in [0.1, 0.15) is 0 Å². The van der Waals surface area contributed by atoms with E-state index in [4.69, 9.17) is 0 Å². The maximum absolute atomic E-state index is 12.0. The van der Waals surface area contributed by atoms with Crippen molar-refractivity contribution in [3.05, 3.63) is 0 Å². The van der Waals surface area contributed by atoms with Gasteiger partial charge in [-0.05, 0) is 39.5 Å². The van der Waals surface area contributed by atoms with Crippen molar-refractivity contribution in [3.8, 4) is 0 Å². The van der Waals surface area contributed by atoms with Crippen LogP contribution in [0.3, 0.4) is 0 Å². The molecule has 1 atom stereocenters. The van der Waals surface area contributed by atoms with Gasteiger partial charge in [-0.3, -0.25) is 9.20 Å². The second-order valence-electron chi connectivity index (χ2n) is 6.88. The van der Waals surface area contributed by atoms with Crippen LogP contribution >= 0.6 is 24.0 Å². The first-order valence-electron chi connectivity index (χ1n) is 8.26. The summed E-state index contributed by atoms with van der Waals surface area (Å²) < 4.78 is 11.8. The zero-order valence-corrected chi connectivity index (χ0v) is 17.8. The number of hydrogen-bond donors (Lipinski definition) is 2. The molecule has 1 unspecified atom stereocenters. The lowest BCUT2D eigenvalue weighted by Crippen LogP contribution is -2.40. The normalized spacial score (nSPS) is 17.9. The minimum Gasteiger partial charge on any atom is -0.356 e. The Morgan fingerprint density at radius 2 is 1.77 bits per heavy atom. The zero-order valence-electron chi connectivity index (χ0n) is 14.6. The van der Waals surface area contributed by atoms with Crippen LogP contribution < -0.4 is 10.6 Å². The number of guanidine groups is 1. The van der Waals surface area contributed by atoms with Crippen molar-refractivity contribution in [3.63, 3.8) is 0 Å². The number of halogens is 1. The summed E-state index contributed by atoms with van der Waals surface area (Å²) in [6, 6.07) is 0.